The molecule has 0 saturated heterocycles. The fourth-order valence-corrected chi connectivity index (χ4v) is 2.87. The summed E-state index contributed by atoms with van der Waals surface area (Å²) in [5.74, 6) is -3.41. The number of rotatable bonds is 4. The minimum absolute atomic E-state index is 0.00695. The minimum Gasteiger partial charge on any atom is -0.462 e. The Morgan fingerprint density at radius 1 is 1.07 bits per heavy atom. The Morgan fingerprint density at radius 3 is 2.28 bits per heavy atom. The summed E-state index contributed by atoms with van der Waals surface area (Å²) in [5.41, 5.74) is -1.69. The Hall–Kier alpha value is -3.23. The average molecular weight is 411 g/mol. The second-order valence-electron chi connectivity index (χ2n) is 6.20. The zero-order chi connectivity index (χ0) is 21.3. The third-order valence-electron chi connectivity index (χ3n) is 4.25. The van der Waals surface area contributed by atoms with E-state index in [-0.39, 0.29) is 24.1 Å². The van der Waals surface area contributed by atoms with Crippen molar-refractivity contribution in [1.82, 2.24) is 4.57 Å². The van der Waals surface area contributed by atoms with Crippen LogP contribution < -0.4 is 5.43 Å². The molecule has 0 radical (unpaired) electrons. The van der Waals surface area contributed by atoms with E-state index in [0.717, 1.165) is 24.4 Å². The number of ether oxygens (including phenoxy) is 1. The van der Waals surface area contributed by atoms with Crippen molar-refractivity contribution in [3.05, 3.63) is 81.1 Å². The van der Waals surface area contributed by atoms with Crippen LogP contribution in [0.15, 0.2) is 47.4 Å². The van der Waals surface area contributed by atoms with E-state index >= 15 is 0 Å². The number of benzene rings is 2. The van der Waals surface area contributed by atoms with Gasteiger partial charge in [0.1, 0.15) is 5.56 Å². The number of hydrogen-bond donors (Lipinski definition) is 0. The molecule has 0 aliphatic carbocycles. The molecule has 0 unspecified atom stereocenters. The van der Waals surface area contributed by atoms with Gasteiger partial charge in [0.15, 0.2) is 11.6 Å². The molecule has 3 aromatic rings. The Labute approximate surface area is 161 Å². The smallest absolute Gasteiger partial charge is 0.416 e. The SMILES string of the molecule is CCOC(=O)c1cn(Cc2ccc(C(F)(F)F)cc2)c2cc(F)c(F)cc2c1=O. The lowest BCUT2D eigenvalue weighted by Gasteiger charge is -2.14. The first-order valence-electron chi connectivity index (χ1n) is 8.47. The topological polar surface area (TPSA) is 48.3 Å². The predicted molar refractivity (Wildman–Crippen MR) is 94.6 cm³/mol. The Kier molecular flexibility index (Phi) is 5.41. The molecule has 0 aliphatic rings. The zero-order valence-corrected chi connectivity index (χ0v) is 15.0. The van der Waals surface area contributed by atoms with Crippen molar-refractivity contribution in [2.75, 3.05) is 6.61 Å². The number of carbonyl (C=O) groups is 1. The molecule has 0 N–H and O–H groups in total. The van der Waals surface area contributed by atoms with Crippen molar-refractivity contribution in [3.63, 3.8) is 0 Å². The van der Waals surface area contributed by atoms with E-state index < -0.39 is 40.3 Å². The van der Waals surface area contributed by atoms with Crippen LogP contribution in [0.3, 0.4) is 0 Å². The lowest BCUT2D eigenvalue weighted by atomic mass is 10.1. The molecule has 3 rings (SSSR count). The molecule has 4 nitrogen and oxygen atoms in total. The summed E-state index contributed by atoms with van der Waals surface area (Å²) in [7, 11) is 0. The van der Waals surface area contributed by atoms with Gasteiger partial charge in [0.25, 0.3) is 0 Å². The molecule has 2 aromatic carbocycles. The number of esters is 1. The number of fused-ring (bicyclic) bond motifs is 1. The van der Waals surface area contributed by atoms with Crippen molar-refractivity contribution in [1.29, 1.82) is 0 Å². The lowest BCUT2D eigenvalue weighted by molar-refractivity contribution is -0.137. The first kappa shape index (κ1) is 20.5. The summed E-state index contributed by atoms with van der Waals surface area (Å²) < 4.78 is 71.7. The van der Waals surface area contributed by atoms with Crippen LogP contribution in [0.4, 0.5) is 22.0 Å². The first-order valence-corrected chi connectivity index (χ1v) is 8.47. The summed E-state index contributed by atoms with van der Waals surface area (Å²) in [6.07, 6.45) is -3.38. The van der Waals surface area contributed by atoms with E-state index in [1.165, 1.54) is 23.6 Å². The standard InChI is InChI=1S/C20H14F5NO3/c1-2-29-19(28)14-10-26(9-11-3-5-12(6-4-11)20(23,24)25)17-8-16(22)15(21)7-13(17)18(14)27/h3-8,10H,2,9H2,1H3. The highest BCUT2D eigenvalue weighted by Gasteiger charge is 2.30. The Balaban J connectivity index is 2.15. The molecule has 0 aliphatic heterocycles. The zero-order valence-electron chi connectivity index (χ0n) is 15.0. The van der Waals surface area contributed by atoms with Crippen molar-refractivity contribution >= 4 is 16.9 Å². The fraction of sp³-hybridized carbons (Fsp3) is 0.200. The third-order valence-corrected chi connectivity index (χ3v) is 4.25. The van der Waals surface area contributed by atoms with E-state index in [1.54, 1.807) is 0 Å². The number of hydrogen-bond acceptors (Lipinski definition) is 3. The van der Waals surface area contributed by atoms with Gasteiger partial charge in [-0.3, -0.25) is 4.79 Å². The van der Waals surface area contributed by atoms with Gasteiger partial charge in [-0.25, -0.2) is 13.6 Å². The lowest BCUT2D eigenvalue weighted by Crippen LogP contribution is -2.21. The van der Waals surface area contributed by atoms with E-state index in [2.05, 4.69) is 0 Å². The van der Waals surface area contributed by atoms with Crippen molar-refractivity contribution in [2.45, 2.75) is 19.6 Å². The normalized spacial score (nSPS) is 11.7. The van der Waals surface area contributed by atoms with Crippen LogP contribution in [0.1, 0.15) is 28.4 Å². The highest BCUT2D eigenvalue weighted by Crippen LogP contribution is 2.29. The van der Waals surface area contributed by atoms with E-state index in [9.17, 15) is 31.5 Å². The molecule has 0 saturated carbocycles. The molecule has 1 heterocycles. The summed E-state index contributed by atoms with van der Waals surface area (Å²) >= 11 is 0. The number of halogens is 5. The van der Waals surface area contributed by atoms with Crippen LogP contribution in [0.2, 0.25) is 0 Å². The molecular formula is C20H14F5NO3. The second kappa shape index (κ2) is 7.65. The van der Waals surface area contributed by atoms with E-state index in [0.29, 0.717) is 11.6 Å². The molecule has 0 bridgehead atoms. The number of nitrogens with zero attached hydrogens (tertiary/aromatic N) is 1. The van der Waals surface area contributed by atoms with Gasteiger partial charge in [0, 0.05) is 24.2 Å². The largest absolute Gasteiger partial charge is 0.462 e. The number of pyridine rings is 1. The van der Waals surface area contributed by atoms with Gasteiger partial charge in [-0.15, -0.1) is 0 Å². The van der Waals surface area contributed by atoms with Crippen LogP contribution in [0.5, 0.6) is 0 Å². The predicted octanol–water partition coefficient (Wildman–Crippen LogP) is 4.52. The maximum Gasteiger partial charge on any atom is 0.416 e. The van der Waals surface area contributed by atoms with Crippen molar-refractivity contribution in [3.8, 4) is 0 Å². The van der Waals surface area contributed by atoms with Crippen molar-refractivity contribution < 1.29 is 31.5 Å². The van der Waals surface area contributed by atoms with Gasteiger partial charge in [0.2, 0.25) is 5.43 Å². The maximum absolute atomic E-state index is 13.8. The van der Waals surface area contributed by atoms with E-state index in [1.807, 2.05) is 0 Å². The molecule has 0 atom stereocenters. The third kappa shape index (κ3) is 4.13. The highest BCUT2D eigenvalue weighted by molar-refractivity contribution is 5.93. The van der Waals surface area contributed by atoms with E-state index in [4.69, 9.17) is 4.74 Å². The quantitative estimate of drug-likeness (QED) is 0.469. The molecule has 152 valence electrons. The number of aromatic nitrogens is 1. The summed E-state index contributed by atoms with van der Waals surface area (Å²) in [5, 5.41) is -0.249. The van der Waals surface area contributed by atoms with Gasteiger partial charge in [-0.2, -0.15) is 13.2 Å². The summed E-state index contributed by atoms with van der Waals surface area (Å²) in [6.45, 7) is 1.44. The molecule has 0 spiro atoms. The monoisotopic (exact) mass is 411 g/mol. The molecule has 9 heteroatoms. The summed E-state index contributed by atoms with van der Waals surface area (Å²) in [4.78, 5) is 24.6. The maximum atomic E-state index is 13.8. The van der Waals surface area contributed by atoms with Gasteiger partial charge in [0.05, 0.1) is 17.7 Å². The molecule has 1 aromatic heterocycles. The summed E-state index contributed by atoms with van der Waals surface area (Å²) in [6, 6.07) is 5.68. The second-order valence-corrected chi connectivity index (χ2v) is 6.20. The van der Waals surface area contributed by atoms with Gasteiger partial charge < -0.3 is 9.30 Å². The van der Waals surface area contributed by atoms with Crippen molar-refractivity contribution in [2.24, 2.45) is 0 Å². The van der Waals surface area contributed by atoms with Gasteiger partial charge >= 0.3 is 12.1 Å². The molecular weight excluding hydrogens is 397 g/mol. The Morgan fingerprint density at radius 2 is 1.69 bits per heavy atom. The van der Waals surface area contributed by atoms with Gasteiger partial charge in [-0.05, 0) is 30.7 Å². The highest BCUT2D eigenvalue weighted by atomic mass is 19.4. The van der Waals surface area contributed by atoms with Crippen LogP contribution in [0.25, 0.3) is 10.9 Å². The van der Waals surface area contributed by atoms with Gasteiger partial charge in [-0.1, -0.05) is 12.1 Å². The first-order chi connectivity index (χ1) is 13.6. The van der Waals surface area contributed by atoms with Crippen LogP contribution in [-0.2, 0) is 17.5 Å². The van der Waals surface area contributed by atoms with Crippen LogP contribution in [0, 0.1) is 11.6 Å². The fourth-order valence-electron chi connectivity index (χ4n) is 2.87. The number of carbonyl (C=O) groups excluding carboxylic acids is 1. The molecule has 29 heavy (non-hydrogen) atoms. The number of alkyl halides is 3. The molecule has 0 fully saturated rings. The van der Waals surface area contributed by atoms with Crippen LogP contribution in [-0.4, -0.2) is 17.1 Å². The average Bonchev–Trinajstić information content (AvgIpc) is 2.65. The molecule has 0 amide bonds. The Bertz CT molecular complexity index is 1130. The minimum atomic E-state index is -4.50. The van der Waals surface area contributed by atoms with Crippen LogP contribution >= 0.6 is 0 Å².